The Labute approximate surface area is 172 Å². The summed E-state index contributed by atoms with van der Waals surface area (Å²) in [5, 5.41) is 6.80. The number of benzene rings is 2. The van der Waals surface area contributed by atoms with E-state index in [-0.39, 0.29) is 11.7 Å². The molecule has 1 atom stereocenters. The number of rotatable bonds is 5. The van der Waals surface area contributed by atoms with Gasteiger partial charge < -0.3 is 15.5 Å². The van der Waals surface area contributed by atoms with E-state index in [0.29, 0.717) is 6.04 Å². The summed E-state index contributed by atoms with van der Waals surface area (Å²) in [6, 6.07) is 15.8. The first-order valence-corrected chi connectivity index (χ1v) is 10.6. The number of hydrogen-bond acceptors (Lipinski definition) is 3. The Morgan fingerprint density at radius 3 is 2.76 bits per heavy atom. The minimum Gasteiger partial charge on any atom is -0.347 e. The fraction of sp³-hybridized carbons (Fsp3) is 0.458. The Morgan fingerprint density at radius 1 is 1.21 bits per heavy atom. The van der Waals surface area contributed by atoms with Gasteiger partial charge in [-0.3, -0.25) is 4.79 Å². The summed E-state index contributed by atoms with van der Waals surface area (Å²) >= 11 is 0. The molecule has 0 aliphatic carbocycles. The van der Waals surface area contributed by atoms with Crippen molar-refractivity contribution in [2.45, 2.75) is 44.2 Å². The van der Waals surface area contributed by atoms with Gasteiger partial charge in [0, 0.05) is 26.1 Å². The van der Waals surface area contributed by atoms with E-state index in [1.54, 1.807) is 19.1 Å². The second-order valence-electron chi connectivity index (χ2n) is 8.36. The van der Waals surface area contributed by atoms with Gasteiger partial charge in [0.05, 0.1) is 5.54 Å². The third kappa shape index (κ3) is 4.51. The Kier molecular flexibility index (Phi) is 5.97. The minimum atomic E-state index is -0.472. The van der Waals surface area contributed by atoms with Crippen molar-refractivity contribution < 1.29 is 9.18 Å². The van der Waals surface area contributed by atoms with Gasteiger partial charge in [0.1, 0.15) is 5.82 Å². The Bertz CT molecular complexity index is 861. The molecular weight excluding hydrogens is 365 g/mol. The molecule has 2 N–H and O–H groups in total. The first kappa shape index (κ1) is 20.0. The predicted octanol–water partition coefficient (Wildman–Crippen LogP) is 3.53. The van der Waals surface area contributed by atoms with Crippen molar-refractivity contribution in [2.75, 3.05) is 26.2 Å². The van der Waals surface area contributed by atoms with Gasteiger partial charge in [-0.25, -0.2) is 4.39 Å². The Balaban J connectivity index is 1.40. The third-order valence-electron chi connectivity index (χ3n) is 6.45. The number of nitrogens with zero attached hydrogens (tertiary/aromatic N) is 1. The lowest BCUT2D eigenvalue weighted by atomic mass is 9.80. The molecular formula is C24H30FN3O. The lowest BCUT2D eigenvalue weighted by Gasteiger charge is -2.43. The molecule has 4 nitrogen and oxygen atoms in total. The number of halogens is 1. The van der Waals surface area contributed by atoms with Crippen molar-refractivity contribution in [1.29, 1.82) is 0 Å². The van der Waals surface area contributed by atoms with Crippen LogP contribution in [0, 0.1) is 5.82 Å². The smallest absolute Gasteiger partial charge is 0.217 e. The van der Waals surface area contributed by atoms with Crippen molar-refractivity contribution >= 4 is 5.91 Å². The molecule has 0 spiro atoms. The molecule has 2 aromatic carbocycles. The predicted molar refractivity (Wildman–Crippen MR) is 113 cm³/mol. The zero-order chi connectivity index (χ0) is 20.3. The standard InChI is InChI=1S/C24H30FN3O/c1-18(29)27-24(20-6-4-7-21(25)17-20)11-15-28(16-12-24)14-10-23-22-8-3-2-5-19(22)9-13-26-23/h2-8,17,23,26H,9-16H2,1H3,(H,27,29). The number of carbonyl (C=O) groups is 1. The largest absolute Gasteiger partial charge is 0.347 e. The number of nitrogens with one attached hydrogen (secondary N) is 2. The maximum atomic E-state index is 13.8. The third-order valence-corrected chi connectivity index (χ3v) is 6.45. The molecule has 0 aromatic heterocycles. The fourth-order valence-corrected chi connectivity index (χ4v) is 4.93. The normalized spacial score (nSPS) is 21.4. The van der Waals surface area contributed by atoms with Crippen LogP contribution in [0.1, 0.15) is 48.9 Å². The van der Waals surface area contributed by atoms with Crippen LogP contribution in [0.2, 0.25) is 0 Å². The van der Waals surface area contributed by atoms with Crippen molar-refractivity contribution in [3.8, 4) is 0 Å². The molecule has 0 saturated carbocycles. The maximum absolute atomic E-state index is 13.8. The maximum Gasteiger partial charge on any atom is 0.217 e. The fourth-order valence-electron chi connectivity index (χ4n) is 4.93. The summed E-state index contributed by atoms with van der Waals surface area (Å²) in [5.74, 6) is -0.317. The van der Waals surface area contributed by atoms with E-state index in [2.05, 4.69) is 39.8 Å². The van der Waals surface area contributed by atoms with Crippen LogP contribution in [0.25, 0.3) is 0 Å². The van der Waals surface area contributed by atoms with Crippen LogP contribution in [0.3, 0.4) is 0 Å². The van der Waals surface area contributed by atoms with E-state index >= 15 is 0 Å². The van der Waals surface area contributed by atoms with Crippen LogP contribution in [0.5, 0.6) is 0 Å². The van der Waals surface area contributed by atoms with Crippen LogP contribution in [0.4, 0.5) is 4.39 Å². The molecule has 2 aromatic rings. The van der Waals surface area contributed by atoms with Crippen molar-refractivity contribution in [3.05, 3.63) is 71.0 Å². The summed E-state index contributed by atoms with van der Waals surface area (Å²) < 4.78 is 13.8. The van der Waals surface area contributed by atoms with E-state index in [1.165, 1.54) is 17.2 Å². The lowest BCUT2D eigenvalue weighted by Crippen LogP contribution is -2.53. The highest BCUT2D eigenvalue weighted by Gasteiger charge is 2.37. The van der Waals surface area contributed by atoms with Crippen molar-refractivity contribution in [1.82, 2.24) is 15.5 Å². The van der Waals surface area contributed by atoms with Gasteiger partial charge in [0.2, 0.25) is 5.91 Å². The number of amides is 1. The highest BCUT2D eigenvalue weighted by molar-refractivity contribution is 5.74. The molecule has 1 amide bonds. The van der Waals surface area contributed by atoms with E-state index in [9.17, 15) is 9.18 Å². The number of hydrogen-bond donors (Lipinski definition) is 2. The topological polar surface area (TPSA) is 44.4 Å². The number of piperidine rings is 1. The molecule has 154 valence electrons. The molecule has 4 rings (SSSR count). The van der Waals surface area contributed by atoms with E-state index < -0.39 is 5.54 Å². The summed E-state index contributed by atoms with van der Waals surface area (Å²) in [5.41, 5.74) is 3.30. The molecule has 29 heavy (non-hydrogen) atoms. The van der Waals surface area contributed by atoms with Gasteiger partial charge in [-0.15, -0.1) is 0 Å². The van der Waals surface area contributed by atoms with Crippen LogP contribution in [0.15, 0.2) is 48.5 Å². The summed E-state index contributed by atoms with van der Waals surface area (Å²) in [6.45, 7) is 5.38. The molecule has 0 radical (unpaired) electrons. The Hall–Kier alpha value is -2.24. The summed E-state index contributed by atoms with van der Waals surface area (Å²) in [7, 11) is 0. The second kappa shape index (κ2) is 8.64. The summed E-state index contributed by atoms with van der Waals surface area (Å²) in [6.07, 6.45) is 3.77. The molecule has 1 unspecified atom stereocenters. The monoisotopic (exact) mass is 395 g/mol. The molecule has 2 aliphatic heterocycles. The molecule has 2 aliphatic rings. The highest BCUT2D eigenvalue weighted by Crippen LogP contribution is 2.34. The average Bonchev–Trinajstić information content (AvgIpc) is 2.73. The van der Waals surface area contributed by atoms with Gasteiger partial charge >= 0.3 is 0 Å². The molecule has 5 heteroatoms. The number of likely N-dealkylation sites (tertiary alicyclic amines) is 1. The summed E-state index contributed by atoms with van der Waals surface area (Å²) in [4.78, 5) is 14.3. The van der Waals surface area contributed by atoms with Crippen molar-refractivity contribution in [3.63, 3.8) is 0 Å². The average molecular weight is 396 g/mol. The van der Waals surface area contributed by atoms with Gasteiger partial charge in [0.15, 0.2) is 0 Å². The van der Waals surface area contributed by atoms with Gasteiger partial charge in [0.25, 0.3) is 0 Å². The SMILES string of the molecule is CC(=O)NC1(c2cccc(F)c2)CCN(CCC2NCCc3ccccc32)CC1. The van der Waals surface area contributed by atoms with Gasteiger partial charge in [-0.1, -0.05) is 36.4 Å². The number of fused-ring (bicyclic) bond motifs is 1. The first-order chi connectivity index (χ1) is 14.1. The Morgan fingerprint density at radius 2 is 2.00 bits per heavy atom. The van der Waals surface area contributed by atoms with Crippen LogP contribution < -0.4 is 10.6 Å². The van der Waals surface area contributed by atoms with Gasteiger partial charge in [-0.2, -0.15) is 0 Å². The molecule has 1 fully saturated rings. The second-order valence-corrected chi connectivity index (χ2v) is 8.36. The number of carbonyl (C=O) groups excluding carboxylic acids is 1. The van der Waals surface area contributed by atoms with Crippen LogP contribution >= 0.6 is 0 Å². The van der Waals surface area contributed by atoms with Crippen LogP contribution in [-0.2, 0) is 16.8 Å². The van der Waals surface area contributed by atoms with E-state index in [1.807, 2.05) is 6.07 Å². The molecule has 1 saturated heterocycles. The lowest BCUT2D eigenvalue weighted by molar-refractivity contribution is -0.121. The first-order valence-electron chi connectivity index (χ1n) is 10.6. The van der Waals surface area contributed by atoms with E-state index in [0.717, 1.165) is 57.4 Å². The zero-order valence-corrected chi connectivity index (χ0v) is 17.1. The minimum absolute atomic E-state index is 0.0641. The van der Waals surface area contributed by atoms with Gasteiger partial charge in [-0.05, 0) is 67.6 Å². The molecule has 0 bridgehead atoms. The van der Waals surface area contributed by atoms with E-state index in [4.69, 9.17) is 0 Å². The van der Waals surface area contributed by atoms with Crippen LogP contribution in [-0.4, -0.2) is 37.0 Å². The van der Waals surface area contributed by atoms with Crippen molar-refractivity contribution in [2.24, 2.45) is 0 Å². The highest BCUT2D eigenvalue weighted by atomic mass is 19.1. The molecule has 2 heterocycles. The zero-order valence-electron chi connectivity index (χ0n) is 17.1. The quantitative estimate of drug-likeness (QED) is 0.814.